The first kappa shape index (κ1) is 14.9. The van der Waals surface area contributed by atoms with E-state index in [-0.39, 0.29) is 11.5 Å². The van der Waals surface area contributed by atoms with Crippen LogP contribution >= 0.6 is 0 Å². The highest BCUT2D eigenvalue weighted by Crippen LogP contribution is 2.21. The van der Waals surface area contributed by atoms with Gasteiger partial charge in [-0.25, -0.2) is 8.42 Å². The van der Waals surface area contributed by atoms with E-state index in [4.69, 9.17) is 10.00 Å². The number of hydrogen-bond acceptors (Lipinski definition) is 4. The van der Waals surface area contributed by atoms with E-state index in [1.165, 1.54) is 12.1 Å². The minimum absolute atomic E-state index is 0.0892. The molecule has 2 rings (SSSR count). The van der Waals surface area contributed by atoms with E-state index in [2.05, 4.69) is 4.72 Å². The molecule has 0 aliphatic carbocycles. The van der Waals surface area contributed by atoms with Crippen LogP contribution in [0.5, 0.6) is 5.75 Å². The van der Waals surface area contributed by atoms with Crippen molar-refractivity contribution >= 4 is 15.7 Å². The summed E-state index contributed by atoms with van der Waals surface area (Å²) in [6, 6.07) is 15.0. The average Bonchev–Trinajstić information content (AvgIpc) is 2.45. The number of sulfonamides is 1. The third-order valence-corrected chi connectivity index (χ3v) is 4.07. The maximum Gasteiger partial charge on any atom is 0.261 e. The molecule has 0 radical (unpaired) electrons. The van der Waals surface area contributed by atoms with E-state index in [1.54, 1.807) is 30.3 Å². The highest BCUT2D eigenvalue weighted by Gasteiger charge is 2.14. The van der Waals surface area contributed by atoms with Gasteiger partial charge in [-0.2, -0.15) is 5.26 Å². The smallest absolute Gasteiger partial charge is 0.261 e. The third-order valence-electron chi connectivity index (χ3n) is 2.69. The van der Waals surface area contributed by atoms with E-state index in [1.807, 2.05) is 19.1 Å². The second-order valence-corrected chi connectivity index (χ2v) is 6.08. The second kappa shape index (κ2) is 6.29. The molecule has 21 heavy (non-hydrogen) atoms. The molecule has 0 saturated heterocycles. The van der Waals surface area contributed by atoms with Crippen LogP contribution < -0.4 is 9.46 Å². The summed E-state index contributed by atoms with van der Waals surface area (Å²) in [5, 5.41) is 8.47. The lowest BCUT2D eigenvalue weighted by Crippen LogP contribution is -2.13. The fourth-order valence-corrected chi connectivity index (χ4v) is 2.92. The lowest BCUT2D eigenvalue weighted by Gasteiger charge is -2.10. The van der Waals surface area contributed by atoms with Crippen molar-refractivity contribution < 1.29 is 13.2 Å². The molecule has 0 aromatic heterocycles. The van der Waals surface area contributed by atoms with Crippen LogP contribution in [0.4, 0.5) is 5.69 Å². The number of ether oxygens (including phenoxy) is 1. The minimum Gasteiger partial charge on any atom is -0.479 e. The molecule has 0 aliphatic heterocycles. The molecule has 0 saturated carbocycles. The van der Waals surface area contributed by atoms with Crippen LogP contribution in [0.3, 0.4) is 0 Å². The van der Waals surface area contributed by atoms with Crippen molar-refractivity contribution in [2.24, 2.45) is 0 Å². The molecule has 2 aromatic rings. The van der Waals surface area contributed by atoms with Gasteiger partial charge in [-0.3, -0.25) is 4.72 Å². The molecular weight excluding hydrogens is 288 g/mol. The van der Waals surface area contributed by atoms with Gasteiger partial charge in [0.05, 0.1) is 10.6 Å². The molecule has 5 nitrogen and oxygen atoms in total. The predicted octanol–water partition coefficient (Wildman–Crippen LogP) is 2.70. The van der Waals surface area contributed by atoms with Crippen molar-refractivity contribution in [1.82, 2.24) is 0 Å². The molecule has 108 valence electrons. The van der Waals surface area contributed by atoms with Gasteiger partial charge in [0.25, 0.3) is 10.0 Å². The lowest BCUT2D eigenvalue weighted by molar-refractivity contribution is 0.368. The molecule has 0 atom stereocenters. The van der Waals surface area contributed by atoms with Crippen LogP contribution in [0, 0.1) is 18.3 Å². The largest absolute Gasteiger partial charge is 0.479 e. The van der Waals surface area contributed by atoms with Crippen molar-refractivity contribution in [3.8, 4) is 11.8 Å². The van der Waals surface area contributed by atoms with Crippen LogP contribution in [-0.2, 0) is 10.0 Å². The molecule has 0 heterocycles. The number of aryl methyl sites for hydroxylation is 1. The van der Waals surface area contributed by atoms with Crippen LogP contribution in [0.25, 0.3) is 0 Å². The van der Waals surface area contributed by atoms with Crippen LogP contribution in [0.2, 0.25) is 0 Å². The SMILES string of the molecule is Cc1cccc(S(=O)(=O)Nc2cccc(OCC#N)c2)c1. The summed E-state index contributed by atoms with van der Waals surface area (Å²) in [5.41, 5.74) is 1.25. The van der Waals surface area contributed by atoms with Crippen molar-refractivity contribution in [2.75, 3.05) is 11.3 Å². The first-order valence-corrected chi connectivity index (χ1v) is 7.69. The van der Waals surface area contributed by atoms with E-state index >= 15 is 0 Å². The molecule has 1 N–H and O–H groups in total. The fourth-order valence-electron chi connectivity index (χ4n) is 1.76. The Bertz CT molecular complexity index is 780. The first-order chi connectivity index (χ1) is 10.0. The van der Waals surface area contributed by atoms with Gasteiger partial charge in [-0.15, -0.1) is 0 Å². The first-order valence-electron chi connectivity index (χ1n) is 6.20. The van der Waals surface area contributed by atoms with Gasteiger partial charge in [0.15, 0.2) is 6.61 Å². The van der Waals surface area contributed by atoms with Crippen LogP contribution in [-0.4, -0.2) is 15.0 Å². The van der Waals surface area contributed by atoms with Gasteiger partial charge < -0.3 is 4.74 Å². The normalized spacial score (nSPS) is 10.7. The molecule has 0 bridgehead atoms. The van der Waals surface area contributed by atoms with Crippen molar-refractivity contribution in [3.05, 3.63) is 54.1 Å². The number of nitrogens with one attached hydrogen (secondary N) is 1. The molecule has 6 heteroatoms. The zero-order chi connectivity index (χ0) is 15.3. The van der Waals surface area contributed by atoms with Crippen molar-refractivity contribution in [3.63, 3.8) is 0 Å². The molecular formula is C15H14N2O3S. The van der Waals surface area contributed by atoms with Gasteiger partial charge in [0, 0.05) is 6.07 Å². The monoisotopic (exact) mass is 302 g/mol. The Hall–Kier alpha value is -2.52. The summed E-state index contributed by atoms with van der Waals surface area (Å²) >= 11 is 0. The summed E-state index contributed by atoms with van der Waals surface area (Å²) in [6.45, 7) is 1.74. The van der Waals surface area contributed by atoms with Gasteiger partial charge in [0.1, 0.15) is 11.8 Å². The van der Waals surface area contributed by atoms with Gasteiger partial charge in [-0.05, 0) is 36.8 Å². The van der Waals surface area contributed by atoms with E-state index < -0.39 is 10.0 Å². The van der Waals surface area contributed by atoms with Crippen molar-refractivity contribution in [2.45, 2.75) is 11.8 Å². The molecule has 0 aliphatic rings. The predicted molar refractivity (Wildman–Crippen MR) is 79.5 cm³/mol. The maximum absolute atomic E-state index is 12.3. The van der Waals surface area contributed by atoms with Crippen LogP contribution in [0.15, 0.2) is 53.4 Å². The number of hydrogen-bond donors (Lipinski definition) is 1. The summed E-state index contributed by atoms with van der Waals surface area (Å²) < 4.78 is 32.2. The van der Waals surface area contributed by atoms with E-state index in [9.17, 15) is 8.42 Å². The minimum atomic E-state index is -3.64. The quantitative estimate of drug-likeness (QED) is 0.921. The fraction of sp³-hybridized carbons (Fsp3) is 0.133. The topological polar surface area (TPSA) is 79.2 Å². The number of nitriles is 1. The Kier molecular flexibility index (Phi) is 4.45. The van der Waals surface area contributed by atoms with E-state index in [0.29, 0.717) is 11.4 Å². The molecule has 2 aromatic carbocycles. The summed E-state index contributed by atoms with van der Waals surface area (Å²) in [7, 11) is -3.64. The zero-order valence-electron chi connectivity index (χ0n) is 11.4. The summed E-state index contributed by atoms with van der Waals surface area (Å²) in [6.07, 6.45) is 0. The second-order valence-electron chi connectivity index (χ2n) is 4.40. The summed E-state index contributed by atoms with van der Waals surface area (Å²) in [5.74, 6) is 0.431. The molecule has 0 unspecified atom stereocenters. The highest BCUT2D eigenvalue weighted by molar-refractivity contribution is 7.92. The Balaban J connectivity index is 2.23. The van der Waals surface area contributed by atoms with Gasteiger partial charge in [-0.1, -0.05) is 18.2 Å². The number of rotatable bonds is 5. The van der Waals surface area contributed by atoms with Crippen molar-refractivity contribution in [1.29, 1.82) is 5.26 Å². The number of benzene rings is 2. The Morgan fingerprint density at radius 1 is 1.19 bits per heavy atom. The number of anilines is 1. The average molecular weight is 302 g/mol. The van der Waals surface area contributed by atoms with E-state index in [0.717, 1.165) is 5.56 Å². The van der Waals surface area contributed by atoms with Gasteiger partial charge >= 0.3 is 0 Å². The molecule has 0 amide bonds. The Morgan fingerprint density at radius 3 is 2.67 bits per heavy atom. The zero-order valence-corrected chi connectivity index (χ0v) is 12.2. The maximum atomic E-state index is 12.3. The molecule has 0 spiro atoms. The highest BCUT2D eigenvalue weighted by atomic mass is 32.2. The molecule has 0 fully saturated rings. The summed E-state index contributed by atoms with van der Waals surface area (Å²) in [4.78, 5) is 0.200. The number of nitrogens with zero attached hydrogens (tertiary/aromatic N) is 1. The van der Waals surface area contributed by atoms with Gasteiger partial charge in [0.2, 0.25) is 0 Å². The lowest BCUT2D eigenvalue weighted by atomic mass is 10.2. The Morgan fingerprint density at radius 2 is 1.95 bits per heavy atom. The van der Waals surface area contributed by atoms with Crippen LogP contribution in [0.1, 0.15) is 5.56 Å². The third kappa shape index (κ3) is 3.97. The standard InChI is InChI=1S/C15H14N2O3S/c1-12-4-2-7-15(10-12)21(18,19)17-13-5-3-6-14(11-13)20-9-8-16/h2-7,10-11,17H,9H2,1H3. The Labute approximate surface area is 123 Å².